The average molecular weight is 624 g/mol. The minimum Gasteiger partial charge on any atom is -0.462 e. The molecule has 7 nitrogen and oxygen atoms in total. The summed E-state index contributed by atoms with van der Waals surface area (Å²) in [4.78, 5) is 28.5. The molecule has 4 fully saturated rings. The Morgan fingerprint density at radius 3 is 2.40 bits per heavy atom. The summed E-state index contributed by atoms with van der Waals surface area (Å²) < 4.78 is 17.9. The van der Waals surface area contributed by atoms with Gasteiger partial charge in [-0.25, -0.2) is 4.79 Å². The van der Waals surface area contributed by atoms with Gasteiger partial charge in [-0.15, -0.1) is 0 Å². The van der Waals surface area contributed by atoms with E-state index in [1.165, 1.54) is 0 Å². The number of hydrogen-bond donors (Lipinski definition) is 0. The third-order valence-corrected chi connectivity index (χ3v) is 10.8. The molecular formula is C34H36Cl2N2O5. The number of halogens is 2. The lowest BCUT2D eigenvalue weighted by atomic mass is 9.58. The van der Waals surface area contributed by atoms with E-state index in [4.69, 9.17) is 37.2 Å². The highest BCUT2D eigenvalue weighted by Gasteiger charge is 2.54. The molecule has 226 valence electrons. The van der Waals surface area contributed by atoms with Gasteiger partial charge in [-0.3, -0.25) is 4.79 Å². The molecule has 4 aliphatic carbocycles. The Balaban J connectivity index is 1.04. The maximum atomic E-state index is 14.1. The van der Waals surface area contributed by atoms with Crippen molar-refractivity contribution in [1.29, 1.82) is 0 Å². The fraction of sp³-hybridized carbons (Fsp3) is 0.500. The van der Waals surface area contributed by atoms with Crippen molar-refractivity contribution in [2.75, 3.05) is 13.2 Å². The molecule has 0 spiro atoms. The van der Waals surface area contributed by atoms with Gasteiger partial charge in [0.05, 0.1) is 34.4 Å². The van der Waals surface area contributed by atoms with Crippen molar-refractivity contribution in [3.8, 4) is 11.3 Å². The molecule has 8 rings (SSSR count). The van der Waals surface area contributed by atoms with E-state index in [0.717, 1.165) is 73.8 Å². The van der Waals surface area contributed by atoms with Gasteiger partial charge in [0.1, 0.15) is 11.5 Å². The van der Waals surface area contributed by atoms with Crippen LogP contribution in [0.15, 0.2) is 40.9 Å². The number of hydrogen-bond acceptors (Lipinski definition) is 6. The largest absolute Gasteiger partial charge is 0.462 e. The van der Waals surface area contributed by atoms with Gasteiger partial charge in [-0.2, -0.15) is 0 Å². The molecule has 2 aromatic carbocycles. The summed E-state index contributed by atoms with van der Waals surface area (Å²) in [5.41, 5.74) is 4.38. The smallest absolute Gasteiger partial charge is 0.338 e. The van der Waals surface area contributed by atoms with Crippen LogP contribution in [0.2, 0.25) is 10.0 Å². The van der Waals surface area contributed by atoms with Crippen molar-refractivity contribution in [3.63, 3.8) is 0 Å². The van der Waals surface area contributed by atoms with E-state index in [1.807, 2.05) is 48.2 Å². The van der Waals surface area contributed by atoms with Crippen LogP contribution in [0.5, 0.6) is 0 Å². The lowest BCUT2D eigenvalue weighted by molar-refractivity contribution is -0.171. The van der Waals surface area contributed by atoms with Crippen molar-refractivity contribution in [2.45, 2.75) is 89.4 Å². The number of rotatable bonds is 8. The monoisotopic (exact) mass is 622 g/mol. The van der Waals surface area contributed by atoms with E-state index in [-0.39, 0.29) is 22.9 Å². The van der Waals surface area contributed by atoms with Crippen molar-refractivity contribution in [2.24, 2.45) is 5.41 Å². The highest BCUT2D eigenvalue weighted by molar-refractivity contribution is 6.39. The SMILES string of the molecule is CCOC(=O)c1cccc2c1CCN(C(=O)C13CCC(OCc4c(-c5c(Cl)cccc5Cl)noc4C4CC4)(CC1)CC3)C2. The predicted octanol–water partition coefficient (Wildman–Crippen LogP) is 7.90. The zero-order valence-electron chi connectivity index (χ0n) is 24.4. The number of carbonyl (C=O) groups is 2. The van der Waals surface area contributed by atoms with Crippen molar-refractivity contribution < 1.29 is 23.6 Å². The van der Waals surface area contributed by atoms with Crippen molar-refractivity contribution >= 4 is 35.1 Å². The number of carbonyl (C=O) groups excluding carboxylic acids is 2. The minimum absolute atomic E-state index is 0.249. The lowest BCUT2D eigenvalue weighted by Crippen LogP contribution is -2.55. The van der Waals surface area contributed by atoms with Crippen molar-refractivity contribution in [1.82, 2.24) is 10.1 Å². The fourth-order valence-electron chi connectivity index (χ4n) is 7.48. The van der Waals surface area contributed by atoms with Crippen LogP contribution in [0.4, 0.5) is 0 Å². The number of aromatic nitrogens is 1. The summed E-state index contributed by atoms with van der Waals surface area (Å²) in [5, 5.41) is 5.50. The quantitative estimate of drug-likeness (QED) is 0.237. The molecule has 2 bridgehead atoms. The van der Waals surface area contributed by atoms with Crippen LogP contribution in [0.1, 0.15) is 97.0 Å². The van der Waals surface area contributed by atoms with Crippen LogP contribution < -0.4 is 0 Å². The van der Waals surface area contributed by atoms with Crippen LogP contribution in [0.25, 0.3) is 11.3 Å². The van der Waals surface area contributed by atoms with Gasteiger partial charge in [0.2, 0.25) is 5.91 Å². The van der Waals surface area contributed by atoms with Gasteiger partial charge < -0.3 is 18.9 Å². The summed E-state index contributed by atoms with van der Waals surface area (Å²) in [6, 6.07) is 11.2. The van der Waals surface area contributed by atoms with E-state index >= 15 is 0 Å². The van der Waals surface area contributed by atoms with Gasteiger partial charge in [-0.1, -0.05) is 46.6 Å². The Bertz CT molecular complexity index is 1530. The summed E-state index contributed by atoms with van der Waals surface area (Å²) >= 11 is 13.1. The number of benzene rings is 2. The Labute approximate surface area is 261 Å². The zero-order chi connectivity index (χ0) is 29.8. The topological polar surface area (TPSA) is 81.9 Å². The number of ether oxygens (including phenoxy) is 2. The van der Waals surface area contributed by atoms with Gasteiger partial charge in [-0.05, 0) is 94.0 Å². The summed E-state index contributed by atoms with van der Waals surface area (Å²) in [7, 11) is 0. The average Bonchev–Trinajstić information content (AvgIpc) is 3.79. The normalized spacial score (nSPS) is 24.6. The third-order valence-electron chi connectivity index (χ3n) is 10.2. The molecule has 0 saturated heterocycles. The van der Waals surface area contributed by atoms with Crippen LogP contribution in [0, 0.1) is 5.41 Å². The molecule has 5 aliphatic rings. The molecule has 0 atom stereocenters. The van der Waals surface area contributed by atoms with Crippen LogP contribution in [-0.2, 0) is 33.8 Å². The van der Waals surface area contributed by atoms with Gasteiger partial charge in [0.25, 0.3) is 0 Å². The van der Waals surface area contributed by atoms with Crippen LogP contribution in [0.3, 0.4) is 0 Å². The minimum atomic E-state index is -0.339. The number of nitrogens with zero attached hydrogens (tertiary/aromatic N) is 2. The Morgan fingerprint density at radius 2 is 1.72 bits per heavy atom. The molecule has 0 unspecified atom stereocenters. The maximum absolute atomic E-state index is 14.1. The Hall–Kier alpha value is -2.87. The second-order valence-electron chi connectivity index (χ2n) is 12.6. The molecule has 2 heterocycles. The summed E-state index contributed by atoms with van der Waals surface area (Å²) in [6.45, 7) is 3.71. The molecule has 3 aromatic rings. The van der Waals surface area contributed by atoms with Gasteiger partial charge in [0, 0.05) is 35.5 Å². The Morgan fingerprint density at radius 1 is 1.02 bits per heavy atom. The fourth-order valence-corrected chi connectivity index (χ4v) is 8.06. The van der Waals surface area contributed by atoms with Gasteiger partial charge >= 0.3 is 5.97 Å². The zero-order valence-corrected chi connectivity index (χ0v) is 25.9. The molecule has 4 saturated carbocycles. The highest BCUT2D eigenvalue weighted by atomic mass is 35.5. The molecule has 0 radical (unpaired) electrons. The number of fused-ring (bicyclic) bond motifs is 4. The molecule has 1 amide bonds. The summed E-state index contributed by atoms with van der Waals surface area (Å²) in [6.07, 6.45) is 7.84. The summed E-state index contributed by atoms with van der Waals surface area (Å²) in [5.74, 6) is 1.21. The van der Waals surface area contributed by atoms with E-state index < -0.39 is 0 Å². The molecule has 43 heavy (non-hydrogen) atoms. The first kappa shape index (κ1) is 28.9. The maximum Gasteiger partial charge on any atom is 0.338 e. The second-order valence-corrected chi connectivity index (χ2v) is 13.5. The van der Waals surface area contributed by atoms with E-state index in [2.05, 4.69) is 5.16 Å². The molecule has 1 aromatic heterocycles. The first-order valence-electron chi connectivity index (χ1n) is 15.5. The highest BCUT2D eigenvalue weighted by Crippen LogP contribution is 2.56. The molecule has 0 N–H and O–H groups in total. The van der Waals surface area contributed by atoms with E-state index in [0.29, 0.717) is 65.5 Å². The number of amides is 1. The first-order chi connectivity index (χ1) is 20.8. The molecular weight excluding hydrogens is 587 g/mol. The van der Waals surface area contributed by atoms with E-state index in [9.17, 15) is 9.59 Å². The van der Waals surface area contributed by atoms with Crippen LogP contribution in [-0.4, -0.2) is 40.7 Å². The lowest BCUT2D eigenvalue weighted by Gasteiger charge is -2.53. The molecule has 1 aliphatic heterocycles. The standard InChI is InChI=1S/C34H36Cl2N2O5/c1-2-41-31(39)24-6-3-5-22-19-38(18-11-23(22)24)32(40)33-12-15-34(16-13-33,17-14-33)42-20-25-29(37-43-30(25)21-9-10-21)28-26(35)7-4-8-27(28)36/h3-8,21H,2,9-20H2,1H3. The predicted molar refractivity (Wildman–Crippen MR) is 163 cm³/mol. The molecule has 9 heteroatoms. The van der Waals surface area contributed by atoms with Crippen LogP contribution >= 0.6 is 23.2 Å². The third kappa shape index (κ3) is 5.17. The van der Waals surface area contributed by atoms with Gasteiger partial charge in [0.15, 0.2) is 0 Å². The van der Waals surface area contributed by atoms with E-state index in [1.54, 1.807) is 0 Å². The Kier molecular flexibility index (Phi) is 7.55. The first-order valence-corrected chi connectivity index (χ1v) is 16.2. The van der Waals surface area contributed by atoms with Crippen molar-refractivity contribution in [3.05, 3.63) is 74.5 Å². The number of esters is 1. The second kappa shape index (κ2) is 11.2.